The Labute approximate surface area is 324 Å². The molecule has 32 heavy (non-hydrogen) atoms. The molecular formula is C21H45BI4N2W2Y2-2. The zero-order valence-electron chi connectivity index (χ0n) is 21.8. The van der Waals surface area contributed by atoms with Gasteiger partial charge in [0.1, 0.15) is 0 Å². The Kier molecular flexibility index (Phi) is 55.4. The number of likely N-dealkylation sites (tertiary alicyclic amines) is 2. The number of hydrogen-bond acceptors (Lipinski definition) is 2. The fourth-order valence-corrected chi connectivity index (χ4v) is 4.46. The van der Waals surface area contributed by atoms with E-state index in [4.69, 9.17) is 5.70 Å². The topological polar surface area (TPSA) is 6.48 Å². The summed E-state index contributed by atoms with van der Waals surface area (Å²) in [4.78, 5) is 7.15. The molecule has 0 aromatic heterocycles. The summed E-state index contributed by atoms with van der Waals surface area (Å²) in [6.07, 6.45) is 5.92. The van der Waals surface area contributed by atoms with Crippen molar-refractivity contribution in [3.05, 3.63) is 29.7 Å². The molecule has 11 heteroatoms. The molecule has 4 atom stereocenters. The van der Waals surface area contributed by atoms with E-state index >= 15 is 0 Å². The molecule has 2 saturated heterocycles. The summed E-state index contributed by atoms with van der Waals surface area (Å²) in [5.41, 5.74) is 6.54. The summed E-state index contributed by atoms with van der Waals surface area (Å²) in [5, 5.41) is 0. The van der Waals surface area contributed by atoms with Gasteiger partial charge >= 0.3 is 124 Å². The van der Waals surface area contributed by atoms with Gasteiger partial charge in [-0.3, -0.25) is 0 Å². The molecule has 2 spiro atoms. The SMILES string of the molecule is C[C@H]1C[C@]12CCN(C)C2.C[C@H]1C[C@]12CCN(C)C2.C[I-]I.[B][I-]I.[CH3-].[CH3-].[CH3-].[CH3-].[W+2].[W+2].[Y].[Y]. The minimum Gasteiger partial charge on any atom is -0.358 e. The first-order chi connectivity index (χ1) is 11.3. The molecule has 4 radical (unpaired) electrons. The first-order valence-electron chi connectivity index (χ1n) is 8.71. The predicted octanol–water partition coefficient (Wildman–Crippen LogP) is 0.0515. The Balaban J connectivity index is -0.0000000403. The number of rotatable bonds is 0. The summed E-state index contributed by atoms with van der Waals surface area (Å²) >= 11 is 5.19. The molecule has 0 aromatic carbocycles. The molecule has 0 aromatic rings. The summed E-state index contributed by atoms with van der Waals surface area (Å²) in [5.74, 6) is 2.06. The fourth-order valence-electron chi connectivity index (χ4n) is 4.46. The second kappa shape index (κ2) is 30.4. The maximum absolute atomic E-state index is 4.94. The van der Waals surface area contributed by atoms with Gasteiger partial charge in [-0.1, -0.05) is 13.8 Å². The minimum atomic E-state index is 0. The molecule has 190 valence electrons. The molecule has 2 saturated carbocycles. The van der Waals surface area contributed by atoms with Crippen LogP contribution >= 0.6 is 37.2 Å². The van der Waals surface area contributed by atoms with Crippen molar-refractivity contribution in [2.24, 2.45) is 22.7 Å². The third-order valence-electron chi connectivity index (χ3n) is 6.35. The van der Waals surface area contributed by atoms with Crippen LogP contribution < -0.4 is 34.2 Å². The van der Waals surface area contributed by atoms with E-state index in [1.807, 2.05) is 0 Å². The molecule has 0 unspecified atom stereocenters. The van der Waals surface area contributed by atoms with Crippen molar-refractivity contribution < 1.29 is 142 Å². The Hall–Kier alpha value is 6.49. The van der Waals surface area contributed by atoms with E-state index in [0.717, 1.165) is 22.7 Å². The van der Waals surface area contributed by atoms with Crippen LogP contribution in [-0.4, -0.2) is 60.7 Å². The zero-order chi connectivity index (χ0) is 18.4. The molecule has 4 rings (SSSR count). The van der Waals surface area contributed by atoms with E-state index in [2.05, 4.69) is 79.9 Å². The van der Waals surface area contributed by atoms with Crippen LogP contribution in [-0.2, 0) is 108 Å². The number of alkyl halides is 1. The second-order valence-corrected chi connectivity index (χ2v) is 18.1. The summed E-state index contributed by atoms with van der Waals surface area (Å²) in [7, 11) is 4.47. The molecule has 0 N–H and O–H groups in total. The molecule has 2 aliphatic heterocycles. The maximum atomic E-state index is 4.94. The Morgan fingerprint density at radius 3 is 1.03 bits per heavy atom. The molecular weight excluding hydrogens is 1340 g/mol. The normalized spacial score (nSPS) is 29.8. The van der Waals surface area contributed by atoms with Gasteiger partial charge in [-0.2, -0.15) is 0 Å². The van der Waals surface area contributed by atoms with E-state index in [1.165, 1.54) is 51.9 Å². The summed E-state index contributed by atoms with van der Waals surface area (Å²) < 4.78 is 0. The van der Waals surface area contributed by atoms with Crippen molar-refractivity contribution in [3.63, 3.8) is 0 Å². The van der Waals surface area contributed by atoms with Gasteiger partial charge in [-0.25, -0.2) is 0 Å². The third-order valence-corrected chi connectivity index (χ3v) is 6.35. The smallest absolute Gasteiger partial charge is 0.358 e. The standard InChI is InChI=1S/2C8H15N.CH3I2.4CH3.BI2.2W.2Y/c2*1-7-5-8(7)3-4-9(2)6-8;1-3-2;;;;;1-3-2;;;;/h2*7H,3-6H2,1-2H3;1H3;4*1H3;;;;;/q;;6*-1;2*+2;;/t2*7-,8-;;;;;;;;;;/m00........../s1. The minimum absolute atomic E-state index is 0. The predicted molar refractivity (Wildman–Crippen MR) is 142 cm³/mol. The van der Waals surface area contributed by atoms with Crippen LogP contribution in [0.25, 0.3) is 0 Å². The maximum Gasteiger partial charge on any atom is 2.00 e. The van der Waals surface area contributed by atoms with Crippen LogP contribution in [0.4, 0.5) is 0 Å². The van der Waals surface area contributed by atoms with Gasteiger partial charge in [0.2, 0.25) is 0 Å². The van der Waals surface area contributed by atoms with Gasteiger partial charge in [-0.15, -0.1) is 0 Å². The van der Waals surface area contributed by atoms with Crippen molar-refractivity contribution >= 4 is 42.9 Å². The average molecular weight is 1390 g/mol. The van der Waals surface area contributed by atoms with Crippen LogP contribution in [0.15, 0.2) is 0 Å². The second-order valence-electron chi connectivity index (χ2n) is 8.14. The summed E-state index contributed by atoms with van der Waals surface area (Å²) in [6.45, 7) is 10.2. The number of halogens is 4. The molecule has 2 heterocycles. The number of nitrogens with zero attached hydrogens (tertiary/aromatic N) is 2. The van der Waals surface area contributed by atoms with Gasteiger partial charge in [0, 0.05) is 78.5 Å². The number of hydrogen-bond donors (Lipinski definition) is 0. The molecule has 4 fully saturated rings. The van der Waals surface area contributed by atoms with Crippen molar-refractivity contribution in [1.82, 2.24) is 9.80 Å². The van der Waals surface area contributed by atoms with Gasteiger partial charge in [0.15, 0.2) is 0 Å². The molecule has 2 nitrogen and oxygen atoms in total. The largest absolute Gasteiger partial charge is 2.00 e. The van der Waals surface area contributed by atoms with Crippen LogP contribution in [0.5, 0.6) is 0 Å². The fraction of sp³-hybridized carbons (Fsp3) is 0.810. The van der Waals surface area contributed by atoms with Gasteiger partial charge in [-0.05, 0) is 75.5 Å². The van der Waals surface area contributed by atoms with Crippen molar-refractivity contribution in [2.45, 2.75) is 39.5 Å². The van der Waals surface area contributed by atoms with E-state index in [1.54, 1.807) is 0 Å². The van der Waals surface area contributed by atoms with Crippen LogP contribution in [0.2, 0.25) is 0 Å². The van der Waals surface area contributed by atoms with E-state index in [9.17, 15) is 0 Å². The first-order valence-corrected chi connectivity index (χ1v) is 24.7. The van der Waals surface area contributed by atoms with Gasteiger partial charge in [0.05, 0.1) is 0 Å². The molecule has 0 bridgehead atoms. The van der Waals surface area contributed by atoms with Crippen molar-refractivity contribution in [3.8, 4) is 0 Å². The van der Waals surface area contributed by atoms with Crippen LogP contribution in [0, 0.1) is 52.4 Å². The Morgan fingerprint density at radius 1 is 0.781 bits per heavy atom. The van der Waals surface area contributed by atoms with Gasteiger partial charge < -0.3 is 39.5 Å². The van der Waals surface area contributed by atoms with Crippen LogP contribution in [0.3, 0.4) is 0 Å². The van der Waals surface area contributed by atoms with Gasteiger partial charge in [0.25, 0.3) is 0 Å². The summed E-state index contributed by atoms with van der Waals surface area (Å²) in [6, 6.07) is 0. The third kappa shape index (κ3) is 21.3. The molecule has 0 amide bonds. The van der Waals surface area contributed by atoms with E-state index < -0.39 is 0 Å². The molecule has 2 aliphatic carbocycles. The van der Waals surface area contributed by atoms with Crippen LogP contribution in [0.1, 0.15) is 39.5 Å². The van der Waals surface area contributed by atoms with E-state index in [0.29, 0.717) is 17.2 Å². The Morgan fingerprint density at radius 2 is 0.969 bits per heavy atom. The first kappa shape index (κ1) is 58.2. The Bertz CT molecular complexity index is 362. The quantitative estimate of drug-likeness (QED) is 0.147. The van der Waals surface area contributed by atoms with Crippen molar-refractivity contribution in [1.29, 1.82) is 0 Å². The van der Waals surface area contributed by atoms with Crippen molar-refractivity contribution in [2.75, 3.05) is 45.2 Å². The molecule has 4 aliphatic rings. The van der Waals surface area contributed by atoms with E-state index in [-0.39, 0.29) is 154 Å². The average Bonchev–Trinajstić information content (AvgIpc) is 3.15. The monoisotopic (exact) mass is 1390 g/mol. The zero-order valence-corrected chi connectivity index (χ0v) is 41.9.